The quantitative estimate of drug-likeness (QED) is 0.552. The first-order valence-corrected chi connectivity index (χ1v) is 13.7. The standard InChI is InChI=1S/C25H26F2N4O4S/c26-17-5-8-19(20(14-17)25(32)33)23-21(15-31(29-23)24-22(27)2-1-9-28-24)16-3-6-18(7-4-16)30-10-12-36(34,35)13-11-30/h1-4,6-7,9,15,17,19-20H,5,8,10-14H2,(H,32,33). The van der Waals surface area contributed by atoms with Crippen LogP contribution in [0.5, 0.6) is 0 Å². The number of hydrogen-bond donors (Lipinski definition) is 1. The number of nitrogens with zero attached hydrogens (tertiary/aromatic N) is 4. The fourth-order valence-electron chi connectivity index (χ4n) is 5.08. The predicted molar refractivity (Wildman–Crippen MR) is 130 cm³/mol. The van der Waals surface area contributed by atoms with E-state index in [0.29, 0.717) is 30.8 Å². The van der Waals surface area contributed by atoms with E-state index in [2.05, 4.69) is 10.1 Å². The molecule has 2 aromatic heterocycles. The smallest absolute Gasteiger partial charge is 0.307 e. The largest absolute Gasteiger partial charge is 0.481 e. The second-order valence-electron chi connectivity index (χ2n) is 9.33. The highest BCUT2D eigenvalue weighted by molar-refractivity contribution is 7.91. The maximum Gasteiger partial charge on any atom is 0.307 e. The molecule has 1 aromatic carbocycles. The minimum absolute atomic E-state index is 0.0119. The van der Waals surface area contributed by atoms with Gasteiger partial charge in [-0.3, -0.25) is 4.79 Å². The number of carboxylic acids is 1. The van der Waals surface area contributed by atoms with E-state index in [1.54, 1.807) is 6.20 Å². The molecule has 0 spiro atoms. The summed E-state index contributed by atoms with van der Waals surface area (Å²) in [5.41, 5.74) is 2.71. The Labute approximate surface area is 207 Å². The highest BCUT2D eigenvalue weighted by Crippen LogP contribution is 2.42. The van der Waals surface area contributed by atoms with Gasteiger partial charge in [0.05, 0.1) is 23.1 Å². The molecule has 0 amide bonds. The van der Waals surface area contributed by atoms with Crippen molar-refractivity contribution in [1.82, 2.24) is 14.8 Å². The topological polar surface area (TPSA) is 105 Å². The molecule has 1 aliphatic heterocycles. The maximum absolute atomic E-state index is 14.5. The lowest BCUT2D eigenvalue weighted by molar-refractivity contribution is -0.144. The van der Waals surface area contributed by atoms with Gasteiger partial charge in [0.15, 0.2) is 21.5 Å². The molecule has 3 heterocycles. The van der Waals surface area contributed by atoms with Crippen molar-refractivity contribution in [3.8, 4) is 16.9 Å². The molecule has 3 atom stereocenters. The van der Waals surface area contributed by atoms with Gasteiger partial charge in [0.2, 0.25) is 0 Å². The number of halogens is 2. The number of anilines is 1. The van der Waals surface area contributed by atoms with Gasteiger partial charge in [-0.1, -0.05) is 12.1 Å². The van der Waals surface area contributed by atoms with Crippen LogP contribution in [-0.2, 0) is 14.6 Å². The van der Waals surface area contributed by atoms with Crippen molar-refractivity contribution < 1.29 is 27.1 Å². The molecule has 190 valence electrons. The Bertz CT molecular complexity index is 1360. The van der Waals surface area contributed by atoms with Crippen LogP contribution >= 0.6 is 0 Å². The molecule has 0 radical (unpaired) electrons. The average molecular weight is 517 g/mol. The third-order valence-electron chi connectivity index (χ3n) is 7.04. The van der Waals surface area contributed by atoms with Crippen molar-refractivity contribution in [3.63, 3.8) is 0 Å². The summed E-state index contributed by atoms with van der Waals surface area (Å²) in [5.74, 6) is -2.94. The minimum atomic E-state index is -3.00. The van der Waals surface area contributed by atoms with Gasteiger partial charge in [-0.15, -0.1) is 0 Å². The Kier molecular flexibility index (Phi) is 6.50. The average Bonchev–Trinajstić information content (AvgIpc) is 3.29. The number of benzene rings is 1. The van der Waals surface area contributed by atoms with Gasteiger partial charge < -0.3 is 10.0 Å². The lowest BCUT2D eigenvalue weighted by atomic mass is 9.75. The molecule has 11 heteroatoms. The van der Waals surface area contributed by atoms with E-state index in [1.165, 1.54) is 23.0 Å². The van der Waals surface area contributed by atoms with Crippen LogP contribution in [-0.4, -0.2) is 65.0 Å². The zero-order chi connectivity index (χ0) is 25.4. The summed E-state index contributed by atoms with van der Waals surface area (Å²) in [6, 6.07) is 10.2. The Hall–Kier alpha value is -3.34. The number of carboxylic acid groups (broad SMARTS) is 1. The van der Waals surface area contributed by atoms with Gasteiger partial charge in [0, 0.05) is 42.7 Å². The highest BCUT2D eigenvalue weighted by Gasteiger charge is 2.39. The van der Waals surface area contributed by atoms with Crippen LogP contribution in [0.15, 0.2) is 48.8 Å². The van der Waals surface area contributed by atoms with E-state index in [-0.39, 0.29) is 30.2 Å². The summed E-state index contributed by atoms with van der Waals surface area (Å²) >= 11 is 0. The molecule has 5 rings (SSSR count). The van der Waals surface area contributed by atoms with E-state index in [4.69, 9.17) is 0 Å². The molecule has 3 unspecified atom stereocenters. The van der Waals surface area contributed by atoms with Crippen molar-refractivity contribution in [2.24, 2.45) is 5.92 Å². The monoisotopic (exact) mass is 516 g/mol. The fourth-order valence-corrected chi connectivity index (χ4v) is 6.28. The summed E-state index contributed by atoms with van der Waals surface area (Å²) in [5, 5.41) is 14.4. The molecule has 2 fully saturated rings. The lowest BCUT2D eigenvalue weighted by Crippen LogP contribution is -2.40. The highest BCUT2D eigenvalue weighted by atomic mass is 32.2. The zero-order valence-corrected chi connectivity index (χ0v) is 20.2. The van der Waals surface area contributed by atoms with E-state index >= 15 is 0 Å². The van der Waals surface area contributed by atoms with E-state index in [1.807, 2.05) is 29.2 Å². The van der Waals surface area contributed by atoms with Gasteiger partial charge in [0.25, 0.3) is 0 Å². The van der Waals surface area contributed by atoms with Gasteiger partial charge in [-0.25, -0.2) is 26.9 Å². The van der Waals surface area contributed by atoms with E-state index in [0.717, 1.165) is 11.3 Å². The predicted octanol–water partition coefficient (Wildman–Crippen LogP) is 3.61. The number of alkyl halides is 1. The second kappa shape index (κ2) is 9.61. The number of hydrogen-bond acceptors (Lipinski definition) is 6. The van der Waals surface area contributed by atoms with Crippen molar-refractivity contribution in [3.05, 3.63) is 60.3 Å². The number of sulfone groups is 1. The molecule has 8 nitrogen and oxygen atoms in total. The van der Waals surface area contributed by atoms with Gasteiger partial charge >= 0.3 is 5.97 Å². The fraction of sp³-hybridized carbons (Fsp3) is 0.400. The Morgan fingerprint density at radius 3 is 2.47 bits per heavy atom. The van der Waals surface area contributed by atoms with Gasteiger partial charge in [0.1, 0.15) is 6.17 Å². The molecular formula is C25H26F2N4O4S. The zero-order valence-electron chi connectivity index (χ0n) is 19.4. The summed E-state index contributed by atoms with van der Waals surface area (Å²) in [4.78, 5) is 18.1. The van der Waals surface area contributed by atoms with Gasteiger partial charge in [-0.05, 0) is 49.1 Å². The Morgan fingerprint density at radius 1 is 1.08 bits per heavy atom. The van der Waals surface area contributed by atoms with Crippen LogP contribution in [0.3, 0.4) is 0 Å². The summed E-state index contributed by atoms with van der Waals surface area (Å²) in [6.45, 7) is 0.827. The van der Waals surface area contributed by atoms with E-state index < -0.39 is 39.6 Å². The van der Waals surface area contributed by atoms with Crippen molar-refractivity contribution in [2.75, 3.05) is 29.5 Å². The summed E-state index contributed by atoms with van der Waals surface area (Å²) < 4.78 is 53.5. The molecule has 36 heavy (non-hydrogen) atoms. The SMILES string of the molecule is O=C(O)C1CC(F)CCC1c1nn(-c2ncccc2F)cc1-c1ccc(N2CCS(=O)(=O)CC2)cc1. The van der Waals surface area contributed by atoms with E-state index in [9.17, 15) is 27.1 Å². The molecule has 1 aliphatic carbocycles. The normalized spacial score (nSPS) is 23.9. The number of pyridine rings is 1. The number of carbonyl (C=O) groups is 1. The first-order chi connectivity index (χ1) is 17.2. The molecule has 0 bridgehead atoms. The lowest BCUT2D eigenvalue weighted by Gasteiger charge is -2.30. The first kappa shape index (κ1) is 24.4. The summed E-state index contributed by atoms with van der Waals surface area (Å²) in [6.07, 6.45) is 2.34. The van der Waals surface area contributed by atoms with Gasteiger partial charge in [-0.2, -0.15) is 5.10 Å². The van der Waals surface area contributed by atoms with Crippen LogP contribution < -0.4 is 4.90 Å². The second-order valence-corrected chi connectivity index (χ2v) is 11.6. The maximum atomic E-state index is 14.5. The third kappa shape index (κ3) is 4.84. The molecule has 1 N–H and O–H groups in total. The van der Waals surface area contributed by atoms with Crippen molar-refractivity contribution in [2.45, 2.75) is 31.4 Å². The van der Waals surface area contributed by atoms with Crippen LogP contribution in [0.4, 0.5) is 14.5 Å². The molecule has 1 saturated carbocycles. The Morgan fingerprint density at radius 2 is 1.81 bits per heavy atom. The first-order valence-electron chi connectivity index (χ1n) is 11.8. The number of rotatable bonds is 5. The number of aliphatic carboxylic acids is 1. The molecular weight excluding hydrogens is 490 g/mol. The van der Waals surface area contributed by atoms with Crippen molar-refractivity contribution >= 4 is 21.5 Å². The van der Waals surface area contributed by atoms with Crippen LogP contribution in [0, 0.1) is 11.7 Å². The van der Waals surface area contributed by atoms with Crippen molar-refractivity contribution in [1.29, 1.82) is 0 Å². The minimum Gasteiger partial charge on any atom is -0.481 e. The number of aromatic nitrogens is 3. The third-order valence-corrected chi connectivity index (χ3v) is 8.65. The molecule has 2 aliphatic rings. The molecule has 3 aromatic rings. The Balaban J connectivity index is 1.53. The molecule has 1 saturated heterocycles. The summed E-state index contributed by atoms with van der Waals surface area (Å²) in [7, 11) is -3.00. The van der Waals surface area contributed by atoms with Crippen LogP contribution in [0.25, 0.3) is 16.9 Å². The van der Waals surface area contributed by atoms with Crippen LogP contribution in [0.2, 0.25) is 0 Å². The van der Waals surface area contributed by atoms with Crippen LogP contribution in [0.1, 0.15) is 30.9 Å².